The van der Waals surface area contributed by atoms with Crippen molar-refractivity contribution < 1.29 is 17.6 Å². The first-order valence-corrected chi connectivity index (χ1v) is 3.51. The summed E-state index contributed by atoms with van der Waals surface area (Å²) in [6.45, 7) is -0.0383. The Bertz CT molecular complexity index is 306. The van der Waals surface area contributed by atoms with Crippen molar-refractivity contribution in [2.24, 2.45) is 5.73 Å². The zero-order valence-corrected chi connectivity index (χ0v) is 6.53. The zero-order valence-electron chi connectivity index (χ0n) is 6.53. The van der Waals surface area contributed by atoms with Gasteiger partial charge in [0.1, 0.15) is 5.82 Å². The van der Waals surface area contributed by atoms with Gasteiger partial charge in [-0.25, -0.2) is 4.39 Å². The van der Waals surface area contributed by atoms with Gasteiger partial charge in [-0.3, -0.25) is 0 Å². The fraction of sp³-hybridized carbons (Fsp3) is 0.250. The molecular weight excluding hydrogens is 186 g/mol. The van der Waals surface area contributed by atoms with Gasteiger partial charge in [-0.2, -0.15) is 13.2 Å². The highest BCUT2D eigenvalue weighted by molar-refractivity contribution is 5.27. The summed E-state index contributed by atoms with van der Waals surface area (Å²) in [4.78, 5) is 0. The quantitative estimate of drug-likeness (QED) is 0.680. The lowest BCUT2D eigenvalue weighted by Crippen LogP contribution is -2.09. The van der Waals surface area contributed by atoms with Crippen LogP contribution in [0.4, 0.5) is 17.6 Å². The molecule has 0 amide bonds. The third kappa shape index (κ3) is 2.18. The predicted molar refractivity (Wildman–Crippen MR) is 39.3 cm³/mol. The van der Waals surface area contributed by atoms with E-state index in [0.29, 0.717) is 0 Å². The van der Waals surface area contributed by atoms with Crippen molar-refractivity contribution in [3.63, 3.8) is 0 Å². The largest absolute Gasteiger partial charge is 0.419 e. The first-order valence-electron chi connectivity index (χ1n) is 3.51. The number of benzene rings is 1. The molecular formula is C8H7F4N. The van der Waals surface area contributed by atoms with E-state index in [4.69, 9.17) is 5.73 Å². The summed E-state index contributed by atoms with van der Waals surface area (Å²) < 4.78 is 48.9. The van der Waals surface area contributed by atoms with Crippen LogP contribution >= 0.6 is 0 Å². The second-order valence-corrected chi connectivity index (χ2v) is 2.52. The van der Waals surface area contributed by atoms with Crippen LogP contribution in [0, 0.1) is 5.82 Å². The van der Waals surface area contributed by atoms with E-state index in [1.807, 2.05) is 0 Å². The molecule has 0 atom stereocenters. The molecule has 2 N–H and O–H groups in total. The fourth-order valence-electron chi connectivity index (χ4n) is 0.917. The highest BCUT2D eigenvalue weighted by Gasteiger charge is 2.33. The Morgan fingerprint density at radius 1 is 1.23 bits per heavy atom. The van der Waals surface area contributed by atoms with Crippen molar-refractivity contribution in [3.8, 4) is 0 Å². The summed E-state index contributed by atoms with van der Waals surface area (Å²) in [5.41, 5.74) is 4.11. The molecule has 0 bridgehead atoms. The monoisotopic (exact) mass is 193 g/mol. The number of nitrogens with two attached hydrogens (primary N) is 1. The van der Waals surface area contributed by atoms with Crippen LogP contribution in [0.5, 0.6) is 0 Å². The van der Waals surface area contributed by atoms with Crippen LogP contribution in [0.3, 0.4) is 0 Å². The molecule has 1 aromatic carbocycles. The molecule has 13 heavy (non-hydrogen) atoms. The molecule has 0 heterocycles. The third-order valence-electron chi connectivity index (χ3n) is 1.57. The maximum Gasteiger partial charge on any atom is 0.419 e. The number of hydrogen-bond donors (Lipinski definition) is 1. The van der Waals surface area contributed by atoms with Gasteiger partial charge in [0.15, 0.2) is 0 Å². The van der Waals surface area contributed by atoms with Crippen molar-refractivity contribution in [1.29, 1.82) is 0 Å². The van der Waals surface area contributed by atoms with Crippen LogP contribution in [-0.2, 0) is 12.7 Å². The van der Waals surface area contributed by atoms with Crippen LogP contribution in [0.1, 0.15) is 11.1 Å². The third-order valence-corrected chi connectivity index (χ3v) is 1.57. The zero-order chi connectivity index (χ0) is 10.1. The molecule has 1 aromatic rings. The molecule has 0 fully saturated rings. The lowest BCUT2D eigenvalue weighted by atomic mass is 10.1. The van der Waals surface area contributed by atoms with E-state index in [2.05, 4.69) is 0 Å². The summed E-state index contributed by atoms with van der Waals surface area (Å²) in [5, 5.41) is 0. The lowest BCUT2D eigenvalue weighted by molar-refractivity contribution is -0.140. The topological polar surface area (TPSA) is 26.0 Å². The molecule has 5 heteroatoms. The normalized spacial score (nSPS) is 11.8. The van der Waals surface area contributed by atoms with E-state index in [1.165, 1.54) is 6.07 Å². The number of halogens is 4. The van der Waals surface area contributed by atoms with Crippen molar-refractivity contribution in [2.75, 3.05) is 0 Å². The van der Waals surface area contributed by atoms with Crippen LogP contribution in [0.15, 0.2) is 18.2 Å². The summed E-state index contributed by atoms with van der Waals surface area (Å²) in [6, 6.07) is 2.71. The van der Waals surface area contributed by atoms with E-state index in [1.54, 1.807) is 0 Å². The SMILES string of the molecule is NCc1ccc(F)c(C(F)(F)F)c1. The van der Waals surface area contributed by atoms with Gasteiger partial charge < -0.3 is 5.73 Å². The average molecular weight is 193 g/mol. The lowest BCUT2D eigenvalue weighted by Gasteiger charge is -2.08. The second kappa shape index (κ2) is 3.33. The Balaban J connectivity index is 3.19. The molecule has 0 saturated heterocycles. The summed E-state index contributed by atoms with van der Waals surface area (Å²) >= 11 is 0. The summed E-state index contributed by atoms with van der Waals surface area (Å²) in [5.74, 6) is -1.27. The van der Waals surface area contributed by atoms with Crippen molar-refractivity contribution in [3.05, 3.63) is 35.1 Å². The first kappa shape index (κ1) is 9.98. The average Bonchev–Trinajstić information content (AvgIpc) is 2.03. The molecule has 0 unspecified atom stereocenters. The molecule has 1 rings (SSSR count). The molecule has 72 valence electrons. The second-order valence-electron chi connectivity index (χ2n) is 2.52. The van der Waals surface area contributed by atoms with Gasteiger partial charge >= 0.3 is 6.18 Å². The molecule has 0 aromatic heterocycles. The Hall–Kier alpha value is -1.10. The van der Waals surface area contributed by atoms with Gasteiger partial charge in [0.2, 0.25) is 0 Å². The van der Waals surface area contributed by atoms with Gasteiger partial charge in [-0.05, 0) is 17.7 Å². The maximum absolute atomic E-state index is 12.6. The minimum Gasteiger partial charge on any atom is -0.326 e. The molecule has 0 aliphatic heterocycles. The minimum absolute atomic E-state index is 0.0383. The van der Waals surface area contributed by atoms with E-state index < -0.39 is 17.6 Å². The smallest absolute Gasteiger partial charge is 0.326 e. The van der Waals surface area contributed by atoms with Crippen LogP contribution in [0.2, 0.25) is 0 Å². The Labute approximate surface area is 72.2 Å². The molecule has 1 nitrogen and oxygen atoms in total. The maximum atomic E-state index is 12.6. The standard InChI is InChI=1S/C8H7F4N/c9-7-2-1-5(4-13)3-6(7)8(10,11)12/h1-3H,4,13H2. The highest BCUT2D eigenvalue weighted by Crippen LogP contribution is 2.31. The highest BCUT2D eigenvalue weighted by atomic mass is 19.4. The van der Waals surface area contributed by atoms with E-state index in [0.717, 1.165) is 12.1 Å². The van der Waals surface area contributed by atoms with Gasteiger partial charge in [0, 0.05) is 6.54 Å². The number of hydrogen-bond acceptors (Lipinski definition) is 1. The predicted octanol–water partition coefficient (Wildman–Crippen LogP) is 2.30. The van der Waals surface area contributed by atoms with Gasteiger partial charge in [0.05, 0.1) is 5.56 Å². The van der Waals surface area contributed by atoms with E-state index >= 15 is 0 Å². The Morgan fingerprint density at radius 3 is 2.31 bits per heavy atom. The summed E-state index contributed by atoms with van der Waals surface area (Å²) in [6.07, 6.45) is -4.66. The number of alkyl halides is 3. The molecule has 0 aliphatic carbocycles. The molecule has 0 aliphatic rings. The van der Waals surface area contributed by atoms with Gasteiger partial charge in [-0.1, -0.05) is 6.07 Å². The van der Waals surface area contributed by atoms with Crippen LogP contribution < -0.4 is 5.73 Å². The van der Waals surface area contributed by atoms with Gasteiger partial charge in [-0.15, -0.1) is 0 Å². The van der Waals surface area contributed by atoms with Crippen molar-refractivity contribution in [1.82, 2.24) is 0 Å². The van der Waals surface area contributed by atoms with Crippen LogP contribution in [0.25, 0.3) is 0 Å². The fourth-order valence-corrected chi connectivity index (χ4v) is 0.917. The first-order chi connectivity index (χ1) is 5.95. The molecule has 0 radical (unpaired) electrons. The molecule has 0 spiro atoms. The van der Waals surface area contributed by atoms with Crippen molar-refractivity contribution in [2.45, 2.75) is 12.7 Å². The summed E-state index contributed by atoms with van der Waals surface area (Å²) in [7, 11) is 0. The minimum atomic E-state index is -4.66. The number of rotatable bonds is 1. The van der Waals surface area contributed by atoms with E-state index in [-0.39, 0.29) is 12.1 Å². The molecule has 0 saturated carbocycles. The Kier molecular flexibility index (Phi) is 2.56. The van der Waals surface area contributed by atoms with Crippen molar-refractivity contribution >= 4 is 0 Å². The Morgan fingerprint density at radius 2 is 1.85 bits per heavy atom. The van der Waals surface area contributed by atoms with E-state index in [9.17, 15) is 17.6 Å². The van der Waals surface area contributed by atoms with Crippen LogP contribution in [-0.4, -0.2) is 0 Å². The van der Waals surface area contributed by atoms with Gasteiger partial charge in [0.25, 0.3) is 0 Å².